The molecule has 6 heteroatoms. The molecule has 1 atom stereocenters. The minimum Gasteiger partial charge on any atom is -0.352 e. The fourth-order valence-electron chi connectivity index (χ4n) is 3.60. The lowest BCUT2D eigenvalue weighted by molar-refractivity contribution is 0.0663. The number of piperidine rings is 1. The number of hydrogen-bond acceptors (Lipinski definition) is 3. The van der Waals surface area contributed by atoms with Crippen LogP contribution in [0.3, 0.4) is 0 Å². The van der Waals surface area contributed by atoms with Crippen LogP contribution < -0.4 is 0 Å². The van der Waals surface area contributed by atoms with Crippen LogP contribution in [0, 0.1) is 17.2 Å². The standard InChI is InChI=1S/C19H19N5O/c20-9-16-8-15(10-21-16)19(25)23-7-3-4-14(11-23)12-24-13-22-17-5-1-2-6-18(17)24/h1-2,5-6,8,10,13-14,21H,3-4,7,11-12H2. The Kier molecular flexibility index (Phi) is 3.98. The van der Waals surface area contributed by atoms with Crippen LogP contribution in [0.4, 0.5) is 0 Å². The summed E-state index contributed by atoms with van der Waals surface area (Å²) in [6.45, 7) is 2.37. The van der Waals surface area contributed by atoms with E-state index in [1.54, 1.807) is 12.3 Å². The Labute approximate surface area is 145 Å². The molecule has 1 amide bonds. The molecule has 0 saturated carbocycles. The molecule has 6 nitrogen and oxygen atoms in total. The number of imidazole rings is 1. The molecular weight excluding hydrogens is 314 g/mol. The zero-order valence-electron chi connectivity index (χ0n) is 13.9. The molecular formula is C19H19N5O. The number of benzene rings is 1. The van der Waals surface area contributed by atoms with Crippen LogP contribution in [0.15, 0.2) is 42.9 Å². The maximum absolute atomic E-state index is 12.7. The fourth-order valence-corrected chi connectivity index (χ4v) is 3.60. The van der Waals surface area contributed by atoms with Gasteiger partial charge in [0.2, 0.25) is 0 Å². The predicted octanol–water partition coefficient (Wildman–Crippen LogP) is 2.79. The lowest BCUT2D eigenvalue weighted by Crippen LogP contribution is -2.41. The third kappa shape index (κ3) is 3.01. The van der Waals surface area contributed by atoms with Crippen molar-refractivity contribution >= 4 is 16.9 Å². The molecule has 25 heavy (non-hydrogen) atoms. The van der Waals surface area contributed by atoms with Gasteiger partial charge in [0.25, 0.3) is 5.91 Å². The number of hydrogen-bond donors (Lipinski definition) is 1. The van der Waals surface area contributed by atoms with Crippen molar-refractivity contribution in [3.8, 4) is 6.07 Å². The number of carbonyl (C=O) groups is 1. The molecule has 126 valence electrons. The van der Waals surface area contributed by atoms with E-state index in [0.717, 1.165) is 43.5 Å². The van der Waals surface area contributed by atoms with Gasteiger partial charge in [-0.25, -0.2) is 4.98 Å². The van der Waals surface area contributed by atoms with Crippen molar-refractivity contribution in [2.24, 2.45) is 5.92 Å². The van der Waals surface area contributed by atoms with Crippen LogP contribution in [0.2, 0.25) is 0 Å². The van der Waals surface area contributed by atoms with Crippen molar-refractivity contribution < 1.29 is 4.79 Å². The highest BCUT2D eigenvalue weighted by Gasteiger charge is 2.25. The van der Waals surface area contributed by atoms with E-state index in [1.807, 2.05) is 35.5 Å². The number of rotatable bonds is 3. The van der Waals surface area contributed by atoms with E-state index in [9.17, 15) is 4.79 Å². The van der Waals surface area contributed by atoms with E-state index in [2.05, 4.69) is 20.6 Å². The second kappa shape index (κ2) is 6.44. The Balaban J connectivity index is 1.47. The number of likely N-dealkylation sites (tertiary alicyclic amines) is 1. The summed E-state index contributed by atoms with van der Waals surface area (Å²) in [4.78, 5) is 21.8. The molecule has 3 heterocycles. The number of nitriles is 1. The maximum atomic E-state index is 12.7. The summed E-state index contributed by atoms with van der Waals surface area (Å²) in [5, 5.41) is 8.90. The molecule has 0 bridgehead atoms. The smallest absolute Gasteiger partial charge is 0.255 e. The van der Waals surface area contributed by atoms with E-state index >= 15 is 0 Å². The van der Waals surface area contributed by atoms with Gasteiger partial charge in [0.15, 0.2) is 0 Å². The monoisotopic (exact) mass is 333 g/mol. The molecule has 1 aromatic carbocycles. The van der Waals surface area contributed by atoms with Crippen LogP contribution in [0.25, 0.3) is 11.0 Å². The molecule has 1 saturated heterocycles. The lowest BCUT2D eigenvalue weighted by Gasteiger charge is -2.33. The zero-order valence-corrected chi connectivity index (χ0v) is 13.9. The lowest BCUT2D eigenvalue weighted by atomic mass is 9.97. The second-order valence-corrected chi connectivity index (χ2v) is 6.56. The van der Waals surface area contributed by atoms with Gasteiger partial charge in [-0.1, -0.05) is 12.1 Å². The van der Waals surface area contributed by atoms with Crippen molar-refractivity contribution in [1.29, 1.82) is 5.26 Å². The molecule has 0 radical (unpaired) electrons. The first-order valence-electron chi connectivity index (χ1n) is 8.52. The quantitative estimate of drug-likeness (QED) is 0.800. The molecule has 3 aromatic rings. The van der Waals surface area contributed by atoms with Gasteiger partial charge in [-0.3, -0.25) is 4.79 Å². The molecule has 1 unspecified atom stereocenters. The number of aromatic amines is 1. The van der Waals surface area contributed by atoms with Crippen molar-refractivity contribution in [2.45, 2.75) is 19.4 Å². The van der Waals surface area contributed by atoms with Crippen molar-refractivity contribution in [1.82, 2.24) is 19.4 Å². The van der Waals surface area contributed by atoms with E-state index in [1.165, 1.54) is 0 Å². The number of carbonyl (C=O) groups excluding carboxylic acids is 1. The van der Waals surface area contributed by atoms with Gasteiger partial charge in [0, 0.05) is 25.8 Å². The largest absolute Gasteiger partial charge is 0.352 e. The van der Waals surface area contributed by atoms with Crippen LogP contribution in [-0.4, -0.2) is 38.4 Å². The average molecular weight is 333 g/mol. The molecule has 1 fully saturated rings. The minimum absolute atomic E-state index is 0.00191. The Morgan fingerprint density at radius 3 is 3.12 bits per heavy atom. The second-order valence-electron chi connectivity index (χ2n) is 6.56. The number of H-pyrrole nitrogens is 1. The summed E-state index contributed by atoms with van der Waals surface area (Å²) in [5.74, 6) is 0.405. The molecule has 2 aromatic heterocycles. The van der Waals surface area contributed by atoms with Crippen molar-refractivity contribution in [2.75, 3.05) is 13.1 Å². The maximum Gasteiger partial charge on any atom is 0.255 e. The van der Waals surface area contributed by atoms with Crippen molar-refractivity contribution in [3.63, 3.8) is 0 Å². The van der Waals surface area contributed by atoms with Gasteiger partial charge >= 0.3 is 0 Å². The SMILES string of the molecule is N#Cc1cc(C(=O)N2CCCC(Cn3cnc4ccccc43)C2)c[nH]1. The Bertz CT molecular complexity index is 948. The van der Waals surface area contributed by atoms with E-state index < -0.39 is 0 Å². The molecule has 1 aliphatic rings. The zero-order chi connectivity index (χ0) is 17.2. The highest BCUT2D eigenvalue weighted by molar-refractivity contribution is 5.94. The van der Waals surface area contributed by atoms with Crippen LogP contribution in [0.1, 0.15) is 28.9 Å². The topological polar surface area (TPSA) is 77.7 Å². The molecule has 1 aliphatic heterocycles. The number of aromatic nitrogens is 3. The third-order valence-electron chi connectivity index (χ3n) is 4.84. The average Bonchev–Trinajstić information content (AvgIpc) is 3.29. The summed E-state index contributed by atoms with van der Waals surface area (Å²) >= 11 is 0. The minimum atomic E-state index is -0.00191. The first-order valence-corrected chi connectivity index (χ1v) is 8.52. The van der Waals surface area contributed by atoms with Gasteiger partial charge in [0.1, 0.15) is 11.8 Å². The van der Waals surface area contributed by atoms with Gasteiger partial charge < -0.3 is 14.5 Å². The predicted molar refractivity (Wildman–Crippen MR) is 93.9 cm³/mol. The van der Waals surface area contributed by atoms with Crippen molar-refractivity contribution in [3.05, 3.63) is 54.1 Å². The normalized spacial score (nSPS) is 17.6. The van der Waals surface area contributed by atoms with E-state index in [4.69, 9.17) is 5.26 Å². The van der Waals surface area contributed by atoms with Gasteiger partial charge in [-0.2, -0.15) is 5.26 Å². The number of para-hydroxylation sites is 2. The molecule has 0 spiro atoms. The Hall–Kier alpha value is -3.07. The molecule has 4 rings (SSSR count). The van der Waals surface area contributed by atoms with Crippen LogP contribution in [0.5, 0.6) is 0 Å². The first-order chi connectivity index (χ1) is 12.2. The molecule has 1 N–H and O–H groups in total. The first kappa shape index (κ1) is 15.5. The summed E-state index contributed by atoms with van der Waals surface area (Å²) in [7, 11) is 0. The van der Waals surface area contributed by atoms with Crippen LogP contribution >= 0.6 is 0 Å². The highest BCUT2D eigenvalue weighted by atomic mass is 16.2. The van der Waals surface area contributed by atoms with E-state index in [-0.39, 0.29) is 5.91 Å². The highest BCUT2D eigenvalue weighted by Crippen LogP contribution is 2.22. The number of fused-ring (bicyclic) bond motifs is 1. The molecule has 0 aliphatic carbocycles. The summed E-state index contributed by atoms with van der Waals surface area (Å²) in [6.07, 6.45) is 5.61. The Morgan fingerprint density at radius 1 is 1.40 bits per heavy atom. The van der Waals surface area contributed by atoms with Gasteiger partial charge in [-0.05, 0) is 37.0 Å². The van der Waals surface area contributed by atoms with Gasteiger partial charge in [0.05, 0.1) is 22.9 Å². The summed E-state index contributed by atoms with van der Waals surface area (Å²) < 4.78 is 2.18. The number of nitrogens with zero attached hydrogens (tertiary/aromatic N) is 4. The Morgan fingerprint density at radius 2 is 2.28 bits per heavy atom. The van der Waals surface area contributed by atoms with Crippen LogP contribution in [-0.2, 0) is 6.54 Å². The third-order valence-corrected chi connectivity index (χ3v) is 4.84. The summed E-state index contributed by atoms with van der Waals surface area (Å²) in [6, 6.07) is 11.8. The fraction of sp³-hybridized carbons (Fsp3) is 0.316. The van der Waals surface area contributed by atoms with E-state index in [0.29, 0.717) is 17.2 Å². The number of amides is 1. The number of nitrogens with one attached hydrogen (secondary N) is 1. The van der Waals surface area contributed by atoms with Gasteiger partial charge in [-0.15, -0.1) is 0 Å². The summed E-state index contributed by atoms with van der Waals surface area (Å²) in [5.41, 5.74) is 3.12.